The molecule has 9 heteroatoms. The van der Waals surface area contributed by atoms with Crippen LogP contribution in [0.4, 0.5) is 17.6 Å². The summed E-state index contributed by atoms with van der Waals surface area (Å²) in [5.74, 6) is -0.423. The topological polar surface area (TPSA) is 38.1 Å². The van der Waals surface area contributed by atoms with Crippen LogP contribution in [-0.4, -0.2) is 21.1 Å². The zero-order valence-electron chi connectivity index (χ0n) is 15.0. The van der Waals surface area contributed by atoms with Gasteiger partial charge < -0.3 is 5.11 Å². The first kappa shape index (κ1) is 20.7. The number of halogens is 6. The van der Waals surface area contributed by atoms with E-state index in [9.17, 15) is 22.7 Å². The molecule has 0 bridgehead atoms. The number of alkyl halides is 3. The van der Waals surface area contributed by atoms with Gasteiger partial charge in [0.25, 0.3) is 0 Å². The quantitative estimate of drug-likeness (QED) is 0.370. The molecule has 30 heavy (non-hydrogen) atoms. The minimum absolute atomic E-state index is 0.0367. The third-order valence-electron chi connectivity index (χ3n) is 4.75. The molecule has 1 aromatic heterocycles. The zero-order valence-corrected chi connectivity index (χ0v) is 16.5. The predicted octanol–water partition coefficient (Wildman–Crippen LogP) is 6.27. The van der Waals surface area contributed by atoms with Gasteiger partial charge in [-0.2, -0.15) is 18.3 Å². The molecule has 4 aromatic rings. The van der Waals surface area contributed by atoms with E-state index in [1.165, 1.54) is 53.3 Å². The summed E-state index contributed by atoms with van der Waals surface area (Å²) in [6.07, 6.45) is -3.69. The summed E-state index contributed by atoms with van der Waals surface area (Å²) in [5.41, 5.74) is -3.24. The molecule has 0 aliphatic heterocycles. The molecule has 0 saturated carbocycles. The van der Waals surface area contributed by atoms with Crippen molar-refractivity contribution in [2.45, 2.75) is 11.8 Å². The lowest BCUT2D eigenvalue weighted by Gasteiger charge is -2.32. The van der Waals surface area contributed by atoms with Crippen LogP contribution in [0.3, 0.4) is 0 Å². The number of aliphatic hydroxyl groups is 1. The van der Waals surface area contributed by atoms with E-state index in [0.717, 1.165) is 18.2 Å². The zero-order chi connectivity index (χ0) is 21.7. The van der Waals surface area contributed by atoms with Crippen molar-refractivity contribution in [3.05, 3.63) is 93.8 Å². The Hall–Kier alpha value is -2.61. The highest BCUT2D eigenvalue weighted by Gasteiger charge is 2.56. The van der Waals surface area contributed by atoms with Crippen LogP contribution in [0.1, 0.15) is 11.1 Å². The average molecular weight is 455 g/mol. The van der Waals surface area contributed by atoms with Crippen molar-refractivity contribution in [3.8, 4) is 5.69 Å². The monoisotopic (exact) mass is 454 g/mol. The number of hydrogen-bond acceptors (Lipinski definition) is 2. The van der Waals surface area contributed by atoms with Gasteiger partial charge in [0.1, 0.15) is 5.82 Å². The third kappa shape index (κ3) is 3.43. The maximum atomic E-state index is 14.1. The largest absolute Gasteiger partial charge is 0.425 e. The SMILES string of the molecule is OC(c1cc(Cl)cc(Cl)c1)(c1ccc2c(cnn2-c2ccc(F)cc2)c1)C(F)(F)F. The van der Waals surface area contributed by atoms with Crippen LogP contribution >= 0.6 is 23.2 Å². The van der Waals surface area contributed by atoms with E-state index in [2.05, 4.69) is 5.10 Å². The van der Waals surface area contributed by atoms with Crippen molar-refractivity contribution < 1.29 is 22.7 Å². The maximum absolute atomic E-state index is 14.1. The van der Waals surface area contributed by atoms with Gasteiger partial charge in [0.15, 0.2) is 0 Å². The van der Waals surface area contributed by atoms with E-state index in [0.29, 0.717) is 16.6 Å². The summed E-state index contributed by atoms with van der Waals surface area (Å²) >= 11 is 11.7. The lowest BCUT2D eigenvalue weighted by Crippen LogP contribution is -2.43. The highest BCUT2D eigenvalue weighted by molar-refractivity contribution is 6.34. The number of nitrogens with zero attached hydrogens (tertiary/aromatic N) is 2. The Balaban J connectivity index is 1.88. The Kier molecular flexibility index (Phi) is 5.00. The van der Waals surface area contributed by atoms with Crippen molar-refractivity contribution >= 4 is 34.1 Å². The minimum Gasteiger partial charge on any atom is -0.372 e. The molecule has 1 N–H and O–H groups in total. The highest BCUT2D eigenvalue weighted by Crippen LogP contribution is 2.46. The minimum atomic E-state index is -5.05. The Bertz CT molecular complexity index is 1220. The van der Waals surface area contributed by atoms with Crippen molar-refractivity contribution in [2.75, 3.05) is 0 Å². The molecule has 0 fully saturated rings. The molecule has 3 nitrogen and oxygen atoms in total. The second kappa shape index (κ2) is 7.27. The van der Waals surface area contributed by atoms with Gasteiger partial charge in [-0.25, -0.2) is 9.07 Å². The summed E-state index contributed by atoms with van der Waals surface area (Å²) in [7, 11) is 0. The van der Waals surface area contributed by atoms with E-state index < -0.39 is 28.7 Å². The molecular weight excluding hydrogens is 443 g/mol. The predicted molar refractivity (Wildman–Crippen MR) is 107 cm³/mol. The van der Waals surface area contributed by atoms with Gasteiger partial charge in [0.2, 0.25) is 5.60 Å². The lowest BCUT2D eigenvalue weighted by atomic mass is 9.85. The molecule has 0 radical (unpaired) electrons. The fourth-order valence-electron chi connectivity index (χ4n) is 3.30. The van der Waals surface area contributed by atoms with Crippen LogP contribution in [-0.2, 0) is 5.60 Å². The summed E-state index contributed by atoms with van der Waals surface area (Å²) in [4.78, 5) is 0. The summed E-state index contributed by atoms with van der Waals surface area (Å²) < 4.78 is 56.8. The summed E-state index contributed by atoms with van der Waals surface area (Å²) in [6.45, 7) is 0. The molecule has 0 aliphatic rings. The van der Waals surface area contributed by atoms with Gasteiger partial charge in [-0.15, -0.1) is 0 Å². The van der Waals surface area contributed by atoms with Crippen LogP contribution < -0.4 is 0 Å². The van der Waals surface area contributed by atoms with Gasteiger partial charge >= 0.3 is 6.18 Å². The molecule has 4 rings (SSSR count). The van der Waals surface area contributed by atoms with Crippen molar-refractivity contribution in [1.29, 1.82) is 0 Å². The maximum Gasteiger partial charge on any atom is 0.425 e. The van der Waals surface area contributed by atoms with E-state index >= 15 is 0 Å². The van der Waals surface area contributed by atoms with Crippen LogP contribution in [0, 0.1) is 5.82 Å². The Morgan fingerprint density at radius 1 is 0.833 bits per heavy atom. The number of aromatic nitrogens is 2. The van der Waals surface area contributed by atoms with Gasteiger partial charge in [-0.05, 0) is 60.2 Å². The van der Waals surface area contributed by atoms with Gasteiger partial charge in [-0.1, -0.05) is 29.3 Å². The molecule has 0 amide bonds. The molecule has 3 aromatic carbocycles. The van der Waals surface area contributed by atoms with Crippen molar-refractivity contribution in [2.24, 2.45) is 0 Å². The first-order chi connectivity index (χ1) is 14.1. The normalized spacial score (nSPS) is 14.1. The molecule has 0 aliphatic carbocycles. The molecule has 1 heterocycles. The fraction of sp³-hybridized carbons (Fsp3) is 0.0952. The molecule has 0 spiro atoms. The summed E-state index contributed by atoms with van der Waals surface area (Å²) in [5, 5.41) is 15.3. The number of benzene rings is 3. The van der Waals surface area contributed by atoms with Gasteiger partial charge in [-0.3, -0.25) is 0 Å². The van der Waals surface area contributed by atoms with Crippen LogP contribution in [0.15, 0.2) is 66.9 Å². The first-order valence-electron chi connectivity index (χ1n) is 8.59. The van der Waals surface area contributed by atoms with Crippen molar-refractivity contribution in [1.82, 2.24) is 9.78 Å². The Morgan fingerprint density at radius 3 is 2.07 bits per heavy atom. The van der Waals surface area contributed by atoms with Gasteiger partial charge in [0, 0.05) is 21.0 Å². The molecule has 0 saturated heterocycles. The number of rotatable bonds is 3. The molecular formula is C21H12Cl2F4N2O. The second-order valence-electron chi connectivity index (χ2n) is 6.67. The molecule has 1 atom stereocenters. The number of fused-ring (bicyclic) bond motifs is 1. The Morgan fingerprint density at radius 2 is 1.47 bits per heavy atom. The summed E-state index contributed by atoms with van der Waals surface area (Å²) in [6, 6.07) is 12.6. The second-order valence-corrected chi connectivity index (χ2v) is 7.55. The van der Waals surface area contributed by atoms with Crippen molar-refractivity contribution in [3.63, 3.8) is 0 Å². The lowest BCUT2D eigenvalue weighted by molar-refractivity contribution is -0.248. The average Bonchev–Trinajstić information content (AvgIpc) is 3.09. The molecule has 1 unspecified atom stereocenters. The molecule has 154 valence electrons. The van der Waals surface area contributed by atoms with E-state index in [1.807, 2.05) is 0 Å². The fourth-order valence-corrected chi connectivity index (χ4v) is 3.83. The number of hydrogen-bond donors (Lipinski definition) is 1. The third-order valence-corrected chi connectivity index (χ3v) is 5.18. The first-order valence-corrected chi connectivity index (χ1v) is 9.35. The van der Waals surface area contributed by atoms with E-state index in [4.69, 9.17) is 23.2 Å². The highest BCUT2D eigenvalue weighted by atomic mass is 35.5. The smallest absolute Gasteiger partial charge is 0.372 e. The Labute approximate surface area is 178 Å². The van der Waals surface area contributed by atoms with E-state index in [-0.39, 0.29) is 10.0 Å². The van der Waals surface area contributed by atoms with E-state index in [1.54, 1.807) is 0 Å². The van der Waals surface area contributed by atoms with Crippen LogP contribution in [0.5, 0.6) is 0 Å². The van der Waals surface area contributed by atoms with Crippen LogP contribution in [0.2, 0.25) is 10.0 Å². The van der Waals surface area contributed by atoms with Gasteiger partial charge in [0.05, 0.1) is 17.4 Å². The standard InChI is InChI=1S/C21H12Cl2F4N2O/c22-15-8-14(9-16(23)10-15)20(30,21(25,26)27)13-1-6-19-12(7-13)11-28-29(19)18-4-2-17(24)3-5-18/h1-11,30H. The van der Waals surface area contributed by atoms with Crippen LogP contribution in [0.25, 0.3) is 16.6 Å².